The van der Waals surface area contributed by atoms with E-state index in [-0.39, 0.29) is 36.6 Å². The van der Waals surface area contributed by atoms with Crippen molar-refractivity contribution in [2.45, 2.75) is 77.8 Å². The van der Waals surface area contributed by atoms with Crippen LogP contribution in [0.1, 0.15) is 55.4 Å². The Kier molecular flexibility index (Phi) is 10.3. The second-order valence-corrected chi connectivity index (χ2v) is 14.0. The average molecular weight is 679 g/mol. The molecule has 0 amide bonds. The molecule has 0 atom stereocenters. The van der Waals surface area contributed by atoms with Crippen LogP contribution in [0.5, 0.6) is 0 Å². The summed E-state index contributed by atoms with van der Waals surface area (Å²) in [6.45, 7) is 16.4. The number of imidazole rings is 2. The van der Waals surface area contributed by atoms with Crippen LogP contribution in [0.4, 0.5) is 17.3 Å². The molecule has 0 radical (unpaired) electrons. The highest BCUT2D eigenvalue weighted by Crippen LogP contribution is 2.37. The van der Waals surface area contributed by atoms with E-state index in [1.807, 2.05) is 112 Å². The molecule has 2 fully saturated rings. The van der Waals surface area contributed by atoms with Gasteiger partial charge in [0.05, 0.1) is 22.4 Å². The zero-order valence-electron chi connectivity index (χ0n) is 28.0. The minimum atomic E-state index is -0.354. The Morgan fingerprint density at radius 1 is 0.689 bits per heavy atom. The van der Waals surface area contributed by atoms with Gasteiger partial charge in [-0.1, -0.05) is 24.3 Å². The molecule has 13 heteroatoms. The minimum Gasteiger partial charge on any atom is -0.399 e. The summed E-state index contributed by atoms with van der Waals surface area (Å²) in [6.07, 6.45) is 7.29. The summed E-state index contributed by atoms with van der Waals surface area (Å²) in [7, 11) is 3.20. The first-order chi connectivity index (χ1) is 20.9. The Hall–Kier alpha value is -3.09. The standard InChI is InChI=1S/C16H22BN3O2.C12H18BNO2.C4H5BrN2/c1-15(2)16(3,4)22-17(21-15)12-7-6-8-13(11-12)19-14-18-9-10-20(14)5;1-11(2)12(3,4)16-13(15-11)9-6-5-7-10(14)8-9;1-7-3-2-6-4(7)5/h6-11H,1-5H3,(H,18,19);5-8H,14H2,1-4H3;2-3H,1H3. The van der Waals surface area contributed by atoms with Gasteiger partial charge in [-0.3, -0.25) is 0 Å². The van der Waals surface area contributed by atoms with Crippen LogP contribution in [0.3, 0.4) is 0 Å². The van der Waals surface area contributed by atoms with Gasteiger partial charge in [-0.05, 0) is 107 Å². The quantitative estimate of drug-likeness (QED) is 0.224. The molecule has 4 aromatic rings. The molecule has 2 aliphatic heterocycles. The lowest BCUT2D eigenvalue weighted by atomic mass is 9.79. The Bertz CT molecular complexity index is 1540. The summed E-state index contributed by atoms with van der Waals surface area (Å²) in [4.78, 5) is 8.17. The molecule has 10 nitrogen and oxygen atoms in total. The van der Waals surface area contributed by atoms with E-state index >= 15 is 0 Å². The van der Waals surface area contributed by atoms with Gasteiger partial charge in [0.1, 0.15) is 0 Å². The molecule has 0 saturated carbocycles. The molecule has 0 aliphatic carbocycles. The van der Waals surface area contributed by atoms with Crippen molar-refractivity contribution < 1.29 is 18.6 Å². The summed E-state index contributed by atoms with van der Waals surface area (Å²) in [6, 6.07) is 15.7. The fourth-order valence-electron chi connectivity index (χ4n) is 4.39. The topological polar surface area (TPSA) is 111 Å². The lowest BCUT2D eigenvalue weighted by Crippen LogP contribution is -2.41. The normalized spacial score (nSPS) is 18.9. The Morgan fingerprint density at radius 3 is 1.56 bits per heavy atom. The molecule has 2 aromatic carbocycles. The van der Waals surface area contributed by atoms with Gasteiger partial charge in [-0.25, -0.2) is 9.97 Å². The van der Waals surface area contributed by atoms with Gasteiger partial charge in [0, 0.05) is 50.3 Å². The Morgan fingerprint density at radius 2 is 1.16 bits per heavy atom. The van der Waals surface area contributed by atoms with Gasteiger partial charge in [-0.15, -0.1) is 0 Å². The van der Waals surface area contributed by atoms with Crippen LogP contribution >= 0.6 is 15.9 Å². The van der Waals surface area contributed by atoms with E-state index in [1.165, 1.54) is 0 Å². The molecule has 2 aromatic heterocycles. The number of aromatic nitrogens is 4. The fourth-order valence-corrected chi connectivity index (χ4v) is 4.63. The Labute approximate surface area is 276 Å². The third kappa shape index (κ3) is 8.20. The number of nitrogens with zero attached hydrogens (tertiary/aromatic N) is 4. The van der Waals surface area contributed by atoms with Gasteiger partial charge in [0.25, 0.3) is 0 Å². The summed E-state index contributed by atoms with van der Waals surface area (Å²) in [5.41, 5.74) is 8.14. The maximum atomic E-state index is 6.09. The van der Waals surface area contributed by atoms with E-state index in [0.29, 0.717) is 0 Å². The summed E-state index contributed by atoms with van der Waals surface area (Å²) in [5.74, 6) is 0.797. The van der Waals surface area contributed by atoms with E-state index in [4.69, 9.17) is 24.4 Å². The van der Waals surface area contributed by atoms with Crippen molar-refractivity contribution in [2.75, 3.05) is 11.1 Å². The highest BCUT2D eigenvalue weighted by Gasteiger charge is 2.52. The van der Waals surface area contributed by atoms with E-state index in [9.17, 15) is 0 Å². The van der Waals surface area contributed by atoms with Crippen LogP contribution in [0.15, 0.2) is 78.1 Å². The van der Waals surface area contributed by atoms with E-state index in [0.717, 1.165) is 33.0 Å². The van der Waals surface area contributed by atoms with Crippen LogP contribution in [0.25, 0.3) is 0 Å². The molecule has 2 saturated heterocycles. The first kappa shape index (κ1) is 34.8. The molecule has 0 spiro atoms. The average Bonchev–Trinajstić information content (AvgIpc) is 3.65. The van der Waals surface area contributed by atoms with Crippen LogP contribution in [0, 0.1) is 0 Å². The number of anilines is 3. The van der Waals surface area contributed by atoms with Gasteiger partial charge in [-0.2, -0.15) is 0 Å². The number of hydrogen-bond acceptors (Lipinski definition) is 8. The number of benzene rings is 2. The maximum absolute atomic E-state index is 6.09. The first-order valence-electron chi connectivity index (χ1n) is 14.9. The van der Waals surface area contributed by atoms with Gasteiger partial charge in [0.2, 0.25) is 5.95 Å². The van der Waals surface area contributed by atoms with Crippen LogP contribution in [0.2, 0.25) is 0 Å². The lowest BCUT2D eigenvalue weighted by Gasteiger charge is -2.32. The summed E-state index contributed by atoms with van der Waals surface area (Å²) >= 11 is 3.22. The van der Waals surface area contributed by atoms with Crippen molar-refractivity contribution in [1.29, 1.82) is 0 Å². The Balaban J connectivity index is 0.000000174. The summed E-state index contributed by atoms with van der Waals surface area (Å²) in [5, 5.41) is 3.30. The van der Waals surface area contributed by atoms with Crippen LogP contribution in [-0.2, 0) is 32.7 Å². The molecule has 4 heterocycles. The van der Waals surface area contributed by atoms with E-state index < -0.39 is 0 Å². The zero-order chi connectivity index (χ0) is 33.2. The molecule has 2 aliphatic rings. The van der Waals surface area contributed by atoms with Crippen molar-refractivity contribution in [2.24, 2.45) is 14.1 Å². The SMILES string of the molecule is CC1(C)OB(c2cccc(N)c2)OC1(C)C.Cn1ccnc1Br.Cn1ccnc1Nc1cccc(B2OC(C)(C)C(C)(C)O2)c1. The number of nitrogens with two attached hydrogens (primary N) is 1. The van der Waals surface area contributed by atoms with Gasteiger partial charge >= 0.3 is 14.2 Å². The monoisotopic (exact) mass is 678 g/mol. The predicted molar refractivity (Wildman–Crippen MR) is 186 cm³/mol. The van der Waals surface area contributed by atoms with E-state index in [1.54, 1.807) is 12.4 Å². The molecule has 0 bridgehead atoms. The fraction of sp³-hybridized carbons (Fsp3) is 0.438. The van der Waals surface area contributed by atoms with Gasteiger partial charge < -0.3 is 38.8 Å². The number of rotatable bonds is 4. The zero-order valence-corrected chi connectivity index (χ0v) is 29.5. The molecule has 6 rings (SSSR count). The second-order valence-electron chi connectivity index (χ2n) is 13.3. The van der Waals surface area contributed by atoms with Gasteiger partial charge in [0.15, 0.2) is 4.73 Å². The van der Waals surface area contributed by atoms with Crippen molar-refractivity contribution in [3.63, 3.8) is 0 Å². The smallest absolute Gasteiger partial charge is 0.399 e. The van der Waals surface area contributed by atoms with Crippen molar-refractivity contribution in [1.82, 2.24) is 19.1 Å². The highest BCUT2D eigenvalue weighted by atomic mass is 79.9. The molecule has 0 unspecified atom stereocenters. The second kappa shape index (κ2) is 13.3. The molecular formula is C32H45B2BrN6O4. The number of hydrogen-bond donors (Lipinski definition) is 2. The van der Waals surface area contributed by atoms with Crippen molar-refractivity contribution in [3.8, 4) is 0 Å². The number of aryl methyl sites for hydroxylation is 2. The van der Waals surface area contributed by atoms with Crippen LogP contribution in [-0.4, -0.2) is 55.7 Å². The third-order valence-electron chi connectivity index (χ3n) is 8.69. The first-order valence-corrected chi connectivity index (χ1v) is 15.7. The highest BCUT2D eigenvalue weighted by molar-refractivity contribution is 9.10. The maximum Gasteiger partial charge on any atom is 0.494 e. The number of nitrogen functional groups attached to an aromatic ring is 1. The van der Waals surface area contributed by atoms with Crippen molar-refractivity contribution in [3.05, 3.63) is 78.1 Å². The largest absolute Gasteiger partial charge is 0.494 e. The molecule has 3 N–H and O–H groups in total. The van der Waals surface area contributed by atoms with E-state index in [2.05, 4.69) is 58.9 Å². The molecule has 240 valence electrons. The number of halogens is 1. The molecular weight excluding hydrogens is 634 g/mol. The molecule has 45 heavy (non-hydrogen) atoms. The minimum absolute atomic E-state index is 0.303. The van der Waals surface area contributed by atoms with Crippen LogP contribution < -0.4 is 22.0 Å². The summed E-state index contributed by atoms with van der Waals surface area (Å²) < 4.78 is 28.7. The lowest BCUT2D eigenvalue weighted by molar-refractivity contribution is 0.00578. The third-order valence-corrected chi connectivity index (χ3v) is 9.45. The van der Waals surface area contributed by atoms with Crippen molar-refractivity contribution >= 4 is 58.4 Å². The number of nitrogens with one attached hydrogen (secondary N) is 1. The predicted octanol–water partition coefficient (Wildman–Crippen LogP) is 5.21.